The highest BCUT2D eigenvalue weighted by Gasteiger charge is 2.54. The molecule has 1 aromatic rings. The second-order valence-corrected chi connectivity index (χ2v) is 7.76. The normalized spacial score (nSPS) is 26.5. The van der Waals surface area contributed by atoms with E-state index in [0.29, 0.717) is 12.8 Å². The van der Waals surface area contributed by atoms with E-state index in [2.05, 4.69) is 0 Å². The van der Waals surface area contributed by atoms with Gasteiger partial charge >= 0.3 is 5.97 Å². The summed E-state index contributed by atoms with van der Waals surface area (Å²) < 4.78 is 51.4. The molecular weight excluding hydrogens is 341 g/mol. The summed E-state index contributed by atoms with van der Waals surface area (Å²) in [5.41, 5.74) is 0. The van der Waals surface area contributed by atoms with Crippen LogP contribution in [0.25, 0.3) is 0 Å². The summed E-state index contributed by atoms with van der Waals surface area (Å²) in [6.07, 6.45) is 1.31. The number of nitrogens with zero attached hydrogens (tertiary/aromatic N) is 1. The van der Waals surface area contributed by atoms with Crippen molar-refractivity contribution < 1.29 is 32.2 Å². The molecule has 2 bridgehead atoms. The highest BCUT2D eigenvalue weighted by atomic mass is 32.2. The molecule has 2 aliphatic heterocycles. The van der Waals surface area contributed by atoms with Gasteiger partial charge in [-0.05, 0) is 19.3 Å². The second kappa shape index (κ2) is 5.89. The molecule has 132 valence electrons. The van der Waals surface area contributed by atoms with Gasteiger partial charge in [-0.2, -0.15) is 4.31 Å². The molecule has 0 saturated carbocycles. The number of benzene rings is 1. The van der Waals surface area contributed by atoms with Gasteiger partial charge in [-0.15, -0.1) is 0 Å². The molecule has 0 radical (unpaired) electrons. The summed E-state index contributed by atoms with van der Waals surface area (Å²) >= 11 is 0. The average molecular weight is 359 g/mol. The lowest BCUT2D eigenvalue weighted by Gasteiger charge is -2.23. The average Bonchev–Trinajstić information content (AvgIpc) is 3.13. The molecule has 0 spiro atoms. The monoisotopic (exact) mass is 359 g/mol. The molecule has 0 amide bonds. The Labute approximate surface area is 139 Å². The Balaban J connectivity index is 2.05. The number of carboxylic acid groups (broad SMARTS) is 1. The van der Waals surface area contributed by atoms with Crippen LogP contribution in [0.4, 0.5) is 4.39 Å². The minimum atomic E-state index is -4.17. The number of ether oxygens (including phenoxy) is 2. The van der Waals surface area contributed by atoms with Gasteiger partial charge < -0.3 is 14.6 Å². The maximum atomic E-state index is 14.4. The van der Waals surface area contributed by atoms with Crippen molar-refractivity contribution >= 4 is 16.0 Å². The summed E-state index contributed by atoms with van der Waals surface area (Å²) in [4.78, 5) is 10.8. The van der Waals surface area contributed by atoms with Crippen LogP contribution >= 0.6 is 0 Å². The predicted molar refractivity (Wildman–Crippen MR) is 81.1 cm³/mol. The van der Waals surface area contributed by atoms with Crippen LogP contribution in [0.5, 0.6) is 11.5 Å². The van der Waals surface area contributed by atoms with Crippen LogP contribution in [-0.4, -0.2) is 50.1 Å². The first-order valence-electron chi connectivity index (χ1n) is 7.49. The Morgan fingerprint density at radius 2 is 1.88 bits per heavy atom. The van der Waals surface area contributed by atoms with Crippen LogP contribution in [-0.2, 0) is 14.8 Å². The van der Waals surface area contributed by atoms with Gasteiger partial charge in [0.2, 0.25) is 10.0 Å². The minimum Gasteiger partial charge on any atom is -0.493 e. The van der Waals surface area contributed by atoms with Crippen molar-refractivity contribution in [3.05, 3.63) is 17.9 Å². The molecule has 0 aliphatic carbocycles. The van der Waals surface area contributed by atoms with E-state index < -0.39 is 44.7 Å². The molecule has 3 rings (SSSR count). The quantitative estimate of drug-likeness (QED) is 0.856. The SMILES string of the molecule is COc1cc(F)c(S(=O)(=O)N2C3CCC2C(C(=O)O)C3)cc1OC. The van der Waals surface area contributed by atoms with Crippen molar-refractivity contribution in [3.63, 3.8) is 0 Å². The predicted octanol–water partition coefficient (Wildman–Crippen LogP) is 1.47. The summed E-state index contributed by atoms with van der Waals surface area (Å²) in [5.74, 6) is -2.54. The van der Waals surface area contributed by atoms with Gasteiger partial charge in [0.05, 0.1) is 20.1 Å². The fourth-order valence-corrected chi connectivity index (χ4v) is 5.71. The van der Waals surface area contributed by atoms with E-state index in [1.54, 1.807) is 0 Å². The van der Waals surface area contributed by atoms with E-state index >= 15 is 0 Å². The number of methoxy groups -OCH3 is 2. The molecule has 3 atom stereocenters. The summed E-state index contributed by atoms with van der Waals surface area (Å²) in [7, 11) is -1.52. The van der Waals surface area contributed by atoms with Gasteiger partial charge in [0.1, 0.15) is 10.7 Å². The molecular formula is C15H18FNO6S. The Bertz CT molecular complexity index is 780. The summed E-state index contributed by atoms with van der Waals surface area (Å²) in [6.45, 7) is 0. The van der Waals surface area contributed by atoms with Crippen molar-refractivity contribution in [3.8, 4) is 11.5 Å². The van der Waals surface area contributed by atoms with Crippen LogP contribution in [0.15, 0.2) is 17.0 Å². The number of sulfonamides is 1. The maximum absolute atomic E-state index is 14.4. The maximum Gasteiger partial charge on any atom is 0.308 e. The van der Waals surface area contributed by atoms with Gasteiger partial charge in [0, 0.05) is 24.2 Å². The molecule has 24 heavy (non-hydrogen) atoms. The molecule has 0 aromatic heterocycles. The Hall–Kier alpha value is -1.87. The number of hydrogen-bond acceptors (Lipinski definition) is 5. The number of rotatable bonds is 5. The number of carboxylic acids is 1. The van der Waals surface area contributed by atoms with E-state index in [4.69, 9.17) is 9.47 Å². The van der Waals surface area contributed by atoms with Gasteiger partial charge in [-0.1, -0.05) is 0 Å². The fourth-order valence-electron chi connectivity index (χ4n) is 3.73. The third kappa shape index (κ3) is 2.42. The highest BCUT2D eigenvalue weighted by Crippen LogP contribution is 2.46. The van der Waals surface area contributed by atoms with Gasteiger partial charge in [-0.25, -0.2) is 12.8 Å². The second-order valence-electron chi connectivity index (χ2n) is 5.95. The smallest absolute Gasteiger partial charge is 0.308 e. The highest BCUT2D eigenvalue weighted by molar-refractivity contribution is 7.89. The number of halogens is 1. The molecule has 2 heterocycles. The number of hydrogen-bond donors (Lipinski definition) is 1. The van der Waals surface area contributed by atoms with E-state index in [1.807, 2.05) is 0 Å². The lowest BCUT2D eigenvalue weighted by atomic mass is 9.89. The molecule has 1 aromatic carbocycles. The van der Waals surface area contributed by atoms with Crippen molar-refractivity contribution in [1.82, 2.24) is 4.31 Å². The van der Waals surface area contributed by atoms with E-state index in [-0.39, 0.29) is 17.9 Å². The number of aliphatic carboxylic acids is 1. The topological polar surface area (TPSA) is 93.1 Å². The number of carbonyl (C=O) groups is 1. The Morgan fingerprint density at radius 1 is 1.25 bits per heavy atom. The zero-order valence-corrected chi connectivity index (χ0v) is 14.0. The third-order valence-corrected chi connectivity index (χ3v) is 6.78. The number of fused-ring (bicyclic) bond motifs is 2. The zero-order chi connectivity index (χ0) is 17.6. The largest absolute Gasteiger partial charge is 0.493 e. The first kappa shape index (κ1) is 17.0. The first-order valence-corrected chi connectivity index (χ1v) is 8.93. The fraction of sp³-hybridized carbons (Fsp3) is 0.533. The van der Waals surface area contributed by atoms with Crippen LogP contribution in [0.1, 0.15) is 19.3 Å². The van der Waals surface area contributed by atoms with Gasteiger partial charge in [-0.3, -0.25) is 4.79 Å². The third-order valence-electron chi connectivity index (χ3n) is 4.78. The van der Waals surface area contributed by atoms with Crippen molar-refractivity contribution in [1.29, 1.82) is 0 Å². The van der Waals surface area contributed by atoms with Crippen LogP contribution < -0.4 is 9.47 Å². The molecule has 9 heteroatoms. The Kier molecular flexibility index (Phi) is 4.16. The standard InChI is InChI=1S/C15H18FNO6S/c1-22-12-6-10(16)14(7-13(12)23-2)24(20,21)17-8-3-4-11(17)9(5-8)15(18)19/h6-9,11H,3-5H2,1-2H3,(H,18,19). The Morgan fingerprint density at radius 3 is 2.42 bits per heavy atom. The lowest BCUT2D eigenvalue weighted by Crippen LogP contribution is -2.38. The van der Waals surface area contributed by atoms with E-state index in [1.165, 1.54) is 14.2 Å². The van der Waals surface area contributed by atoms with Gasteiger partial charge in [0.15, 0.2) is 11.5 Å². The molecule has 2 fully saturated rings. The zero-order valence-electron chi connectivity index (χ0n) is 13.2. The van der Waals surface area contributed by atoms with E-state index in [0.717, 1.165) is 16.4 Å². The molecule has 2 aliphatic rings. The van der Waals surface area contributed by atoms with Crippen LogP contribution in [0.2, 0.25) is 0 Å². The molecule has 1 N–H and O–H groups in total. The van der Waals surface area contributed by atoms with E-state index in [9.17, 15) is 22.7 Å². The van der Waals surface area contributed by atoms with Crippen molar-refractivity contribution in [2.45, 2.75) is 36.2 Å². The van der Waals surface area contributed by atoms with Gasteiger partial charge in [0.25, 0.3) is 0 Å². The minimum absolute atomic E-state index is 0.0850. The summed E-state index contributed by atoms with van der Waals surface area (Å²) in [5, 5.41) is 9.26. The summed E-state index contributed by atoms with van der Waals surface area (Å²) in [6, 6.07) is 0.994. The molecule has 7 nitrogen and oxygen atoms in total. The molecule has 2 saturated heterocycles. The van der Waals surface area contributed by atoms with Crippen LogP contribution in [0.3, 0.4) is 0 Å². The lowest BCUT2D eigenvalue weighted by molar-refractivity contribution is -0.142. The first-order chi connectivity index (χ1) is 11.3. The van der Waals surface area contributed by atoms with Crippen LogP contribution in [0, 0.1) is 11.7 Å². The molecule has 3 unspecified atom stereocenters. The van der Waals surface area contributed by atoms with Crippen molar-refractivity contribution in [2.75, 3.05) is 14.2 Å². The van der Waals surface area contributed by atoms with Crippen molar-refractivity contribution in [2.24, 2.45) is 5.92 Å².